The van der Waals surface area contributed by atoms with Crippen molar-refractivity contribution in [1.82, 2.24) is 20.1 Å². The number of fused-ring (bicyclic) bond motifs is 1. The van der Waals surface area contributed by atoms with Crippen molar-refractivity contribution in [3.05, 3.63) is 65.9 Å². The zero-order valence-electron chi connectivity index (χ0n) is 15.5. The Balaban J connectivity index is 1.40. The van der Waals surface area contributed by atoms with Crippen LogP contribution in [0.1, 0.15) is 34.2 Å². The Bertz CT molecular complexity index is 1240. The molecule has 0 bridgehead atoms. The van der Waals surface area contributed by atoms with Crippen molar-refractivity contribution >= 4 is 22.5 Å². The summed E-state index contributed by atoms with van der Waals surface area (Å²) >= 11 is 0. The molecule has 0 aliphatic heterocycles. The molecule has 1 aliphatic rings. The monoisotopic (exact) mass is 389 g/mol. The number of anilines is 1. The number of halogens is 1. The molecule has 0 saturated heterocycles. The van der Waals surface area contributed by atoms with E-state index in [0.717, 1.165) is 16.5 Å². The lowest BCUT2D eigenvalue weighted by Crippen LogP contribution is -2.13. The number of pyridine rings is 2. The second kappa shape index (κ2) is 6.73. The van der Waals surface area contributed by atoms with Crippen LogP contribution in [0, 0.1) is 6.92 Å². The van der Waals surface area contributed by atoms with Crippen LogP contribution in [-0.2, 0) is 0 Å². The number of carbonyl (C=O) groups is 1. The van der Waals surface area contributed by atoms with Gasteiger partial charge in [0.05, 0.1) is 23.2 Å². The Morgan fingerprint density at radius 2 is 2.10 bits per heavy atom. The molecular weight excluding hydrogens is 373 g/mol. The zero-order chi connectivity index (χ0) is 20.0. The summed E-state index contributed by atoms with van der Waals surface area (Å²) in [5, 5.41) is 7.69. The van der Waals surface area contributed by atoms with Gasteiger partial charge in [-0.2, -0.15) is 4.98 Å². The number of carbonyl (C=O) groups excluding carboxylic acids is 1. The largest absolute Gasteiger partial charge is 0.339 e. The van der Waals surface area contributed by atoms with Gasteiger partial charge < -0.3 is 9.84 Å². The molecule has 8 heteroatoms. The minimum Gasteiger partial charge on any atom is -0.339 e. The molecule has 1 saturated carbocycles. The third-order valence-corrected chi connectivity index (χ3v) is 4.96. The standard InChI is InChI=1S/C21H16FN5O2/c1-11-2-3-13(19-26-21(29-27-19)15-8-16(15)22)7-17(11)25-20(28)14-6-12-4-5-23-10-18(12)24-9-14/h2-7,9-10,15-16H,8H2,1H3,(H,25,28)/t15-,16-/m0/s1. The molecular formula is C21H16FN5O2. The molecule has 1 N–H and O–H groups in total. The zero-order valence-corrected chi connectivity index (χ0v) is 15.5. The topological polar surface area (TPSA) is 93.8 Å². The van der Waals surface area contributed by atoms with Crippen molar-refractivity contribution in [3.63, 3.8) is 0 Å². The smallest absolute Gasteiger partial charge is 0.257 e. The molecule has 2 atom stereocenters. The summed E-state index contributed by atoms with van der Waals surface area (Å²) in [5.74, 6) is 0.116. The van der Waals surface area contributed by atoms with Gasteiger partial charge in [-0.3, -0.25) is 14.8 Å². The third kappa shape index (κ3) is 3.33. The molecule has 29 heavy (non-hydrogen) atoms. The molecule has 0 unspecified atom stereocenters. The van der Waals surface area contributed by atoms with E-state index in [2.05, 4.69) is 25.4 Å². The van der Waals surface area contributed by atoms with Gasteiger partial charge in [0, 0.05) is 29.0 Å². The van der Waals surface area contributed by atoms with E-state index < -0.39 is 6.17 Å². The SMILES string of the molecule is Cc1ccc(-c2noc([C@H]3C[C@@H]3F)n2)cc1NC(=O)c1cnc2cnccc2c1. The highest BCUT2D eigenvalue weighted by molar-refractivity contribution is 6.06. The van der Waals surface area contributed by atoms with E-state index in [-0.39, 0.29) is 11.8 Å². The average molecular weight is 389 g/mol. The van der Waals surface area contributed by atoms with Crippen molar-refractivity contribution in [2.24, 2.45) is 0 Å². The van der Waals surface area contributed by atoms with Gasteiger partial charge in [0.1, 0.15) is 6.17 Å². The first-order valence-electron chi connectivity index (χ1n) is 9.18. The summed E-state index contributed by atoms with van der Waals surface area (Å²) in [6, 6.07) is 9.05. The van der Waals surface area contributed by atoms with E-state index in [1.807, 2.05) is 19.1 Å². The number of aromatic nitrogens is 4. The lowest BCUT2D eigenvalue weighted by molar-refractivity contribution is 0.102. The molecule has 1 fully saturated rings. The number of nitrogens with one attached hydrogen (secondary N) is 1. The summed E-state index contributed by atoms with van der Waals surface area (Å²) in [5.41, 5.74) is 3.36. The van der Waals surface area contributed by atoms with Crippen molar-refractivity contribution in [3.8, 4) is 11.4 Å². The summed E-state index contributed by atoms with van der Waals surface area (Å²) in [4.78, 5) is 25.3. The summed E-state index contributed by atoms with van der Waals surface area (Å²) in [6.45, 7) is 1.89. The first-order chi connectivity index (χ1) is 14.1. The van der Waals surface area contributed by atoms with Crippen molar-refractivity contribution < 1.29 is 13.7 Å². The number of hydrogen-bond donors (Lipinski definition) is 1. The van der Waals surface area contributed by atoms with Crippen molar-refractivity contribution in [2.75, 3.05) is 5.32 Å². The van der Waals surface area contributed by atoms with E-state index in [1.54, 1.807) is 30.6 Å². The van der Waals surface area contributed by atoms with Crippen LogP contribution in [0.15, 0.2) is 53.4 Å². The van der Waals surface area contributed by atoms with Gasteiger partial charge in [-0.15, -0.1) is 0 Å². The Hall–Kier alpha value is -3.68. The number of alkyl halides is 1. The number of benzene rings is 1. The van der Waals surface area contributed by atoms with Gasteiger partial charge >= 0.3 is 0 Å². The maximum absolute atomic E-state index is 13.2. The van der Waals surface area contributed by atoms with Crippen LogP contribution in [-0.4, -0.2) is 32.2 Å². The van der Waals surface area contributed by atoms with Crippen molar-refractivity contribution in [2.45, 2.75) is 25.4 Å². The molecule has 1 aliphatic carbocycles. The molecule has 3 aromatic heterocycles. The minimum absolute atomic E-state index is 0.275. The van der Waals surface area contributed by atoms with E-state index in [1.165, 1.54) is 6.20 Å². The second-order valence-corrected chi connectivity index (χ2v) is 7.09. The fourth-order valence-corrected chi connectivity index (χ4v) is 3.11. The quantitative estimate of drug-likeness (QED) is 0.566. The third-order valence-electron chi connectivity index (χ3n) is 4.96. The average Bonchev–Trinajstić information content (AvgIpc) is 3.26. The Morgan fingerprint density at radius 3 is 2.93 bits per heavy atom. The highest BCUT2D eigenvalue weighted by atomic mass is 19.1. The molecule has 1 aromatic carbocycles. The fraction of sp³-hybridized carbons (Fsp3) is 0.190. The number of aryl methyl sites for hydroxylation is 1. The lowest BCUT2D eigenvalue weighted by Gasteiger charge is -2.10. The number of rotatable bonds is 4. The van der Waals surface area contributed by atoms with E-state index in [0.29, 0.717) is 35.0 Å². The Morgan fingerprint density at radius 1 is 1.24 bits per heavy atom. The Kier molecular flexibility index (Phi) is 4.04. The molecule has 0 radical (unpaired) electrons. The summed E-state index contributed by atoms with van der Waals surface area (Å²) in [6.07, 6.45) is 4.35. The predicted molar refractivity (Wildman–Crippen MR) is 104 cm³/mol. The normalized spacial score (nSPS) is 18.0. The molecule has 144 valence electrons. The highest BCUT2D eigenvalue weighted by Gasteiger charge is 2.43. The molecule has 1 amide bonds. The molecule has 0 spiro atoms. The van der Waals surface area contributed by atoms with Crippen LogP contribution < -0.4 is 5.32 Å². The fourth-order valence-electron chi connectivity index (χ4n) is 3.11. The first kappa shape index (κ1) is 17.4. The van der Waals surface area contributed by atoms with Crippen LogP contribution in [0.3, 0.4) is 0 Å². The second-order valence-electron chi connectivity index (χ2n) is 7.09. The van der Waals surface area contributed by atoms with Crippen LogP contribution in [0.2, 0.25) is 0 Å². The maximum atomic E-state index is 13.2. The van der Waals surface area contributed by atoms with Gasteiger partial charge in [0.25, 0.3) is 5.91 Å². The summed E-state index contributed by atoms with van der Waals surface area (Å²) in [7, 11) is 0. The van der Waals surface area contributed by atoms with E-state index in [9.17, 15) is 9.18 Å². The van der Waals surface area contributed by atoms with Gasteiger partial charge in [-0.1, -0.05) is 17.3 Å². The van der Waals surface area contributed by atoms with Gasteiger partial charge in [-0.25, -0.2) is 4.39 Å². The summed E-state index contributed by atoms with van der Waals surface area (Å²) < 4.78 is 18.4. The molecule has 3 heterocycles. The number of nitrogens with zero attached hydrogens (tertiary/aromatic N) is 4. The van der Waals surface area contributed by atoms with Crippen LogP contribution in [0.4, 0.5) is 10.1 Å². The first-order valence-corrected chi connectivity index (χ1v) is 9.18. The van der Waals surface area contributed by atoms with Crippen LogP contribution in [0.5, 0.6) is 0 Å². The van der Waals surface area contributed by atoms with Crippen LogP contribution >= 0.6 is 0 Å². The van der Waals surface area contributed by atoms with Gasteiger partial charge in [0.2, 0.25) is 11.7 Å². The minimum atomic E-state index is -0.900. The molecule has 4 aromatic rings. The number of hydrogen-bond acceptors (Lipinski definition) is 6. The molecule has 5 rings (SSSR count). The predicted octanol–water partition coefficient (Wildman–Crippen LogP) is 4.07. The van der Waals surface area contributed by atoms with Crippen molar-refractivity contribution in [1.29, 1.82) is 0 Å². The number of amides is 1. The van der Waals surface area contributed by atoms with E-state index in [4.69, 9.17) is 4.52 Å². The molecule has 7 nitrogen and oxygen atoms in total. The van der Waals surface area contributed by atoms with Gasteiger partial charge in [-0.05, 0) is 37.1 Å². The maximum Gasteiger partial charge on any atom is 0.257 e. The van der Waals surface area contributed by atoms with Crippen LogP contribution in [0.25, 0.3) is 22.3 Å². The van der Waals surface area contributed by atoms with Gasteiger partial charge in [0.15, 0.2) is 0 Å². The Labute approximate surface area is 165 Å². The lowest BCUT2D eigenvalue weighted by atomic mass is 10.1. The highest BCUT2D eigenvalue weighted by Crippen LogP contribution is 2.43. The van der Waals surface area contributed by atoms with E-state index >= 15 is 0 Å².